The standard InChI is InChI=1S/C15H22N2O2/c1-19-12-15(18)16-10-13-4-6-14(7-5-13)11-17-8-2-3-9-17/h4-7H,2-3,8-12H2,1H3,(H,16,18). The van der Waals surface area contributed by atoms with Gasteiger partial charge in [-0.25, -0.2) is 0 Å². The topological polar surface area (TPSA) is 41.6 Å². The minimum Gasteiger partial charge on any atom is -0.375 e. The number of carbonyl (C=O) groups excluding carboxylic acids is 1. The number of ether oxygens (including phenoxy) is 1. The van der Waals surface area contributed by atoms with Crippen LogP contribution in [0.15, 0.2) is 24.3 Å². The fourth-order valence-corrected chi connectivity index (χ4v) is 2.34. The van der Waals surface area contributed by atoms with Crippen molar-refractivity contribution in [2.75, 3.05) is 26.8 Å². The number of rotatable bonds is 6. The van der Waals surface area contributed by atoms with Crippen molar-refractivity contribution >= 4 is 5.91 Å². The zero-order valence-electron chi connectivity index (χ0n) is 11.5. The van der Waals surface area contributed by atoms with Crippen molar-refractivity contribution in [2.24, 2.45) is 0 Å². The smallest absolute Gasteiger partial charge is 0.246 e. The number of nitrogens with one attached hydrogen (secondary N) is 1. The maximum Gasteiger partial charge on any atom is 0.246 e. The number of carbonyl (C=O) groups is 1. The van der Waals surface area contributed by atoms with E-state index >= 15 is 0 Å². The second-order valence-corrected chi connectivity index (χ2v) is 5.01. The van der Waals surface area contributed by atoms with Crippen LogP contribution in [0.4, 0.5) is 0 Å². The molecule has 0 bridgehead atoms. The van der Waals surface area contributed by atoms with Gasteiger partial charge in [-0.15, -0.1) is 0 Å². The summed E-state index contributed by atoms with van der Waals surface area (Å²) in [5.74, 6) is -0.0800. The van der Waals surface area contributed by atoms with Gasteiger partial charge in [0.15, 0.2) is 0 Å². The first-order valence-electron chi connectivity index (χ1n) is 6.84. The molecular formula is C15H22N2O2. The predicted octanol–water partition coefficient (Wildman–Crippen LogP) is 1.54. The molecule has 1 aromatic carbocycles. The van der Waals surface area contributed by atoms with Gasteiger partial charge >= 0.3 is 0 Å². The van der Waals surface area contributed by atoms with Crippen LogP contribution >= 0.6 is 0 Å². The highest BCUT2D eigenvalue weighted by Crippen LogP contribution is 2.13. The summed E-state index contributed by atoms with van der Waals surface area (Å²) in [4.78, 5) is 13.8. The molecule has 1 N–H and O–H groups in total. The molecule has 0 spiro atoms. The molecule has 2 rings (SSSR count). The molecular weight excluding hydrogens is 240 g/mol. The van der Waals surface area contributed by atoms with Gasteiger partial charge in [0.25, 0.3) is 0 Å². The van der Waals surface area contributed by atoms with Gasteiger partial charge in [0.2, 0.25) is 5.91 Å². The maximum atomic E-state index is 11.3. The Balaban J connectivity index is 1.79. The van der Waals surface area contributed by atoms with Crippen molar-refractivity contribution in [2.45, 2.75) is 25.9 Å². The van der Waals surface area contributed by atoms with Gasteiger partial charge < -0.3 is 10.1 Å². The molecule has 104 valence electrons. The lowest BCUT2D eigenvalue weighted by atomic mass is 10.1. The van der Waals surface area contributed by atoms with Gasteiger partial charge in [0.1, 0.15) is 6.61 Å². The molecule has 1 aromatic rings. The van der Waals surface area contributed by atoms with Crippen LogP contribution in [0.3, 0.4) is 0 Å². The number of benzene rings is 1. The van der Waals surface area contributed by atoms with E-state index in [2.05, 4.69) is 34.5 Å². The average Bonchev–Trinajstić information content (AvgIpc) is 2.91. The van der Waals surface area contributed by atoms with E-state index in [1.54, 1.807) is 0 Å². The van der Waals surface area contributed by atoms with Crippen LogP contribution in [0.25, 0.3) is 0 Å². The van der Waals surface area contributed by atoms with Gasteiger partial charge in [-0.3, -0.25) is 9.69 Å². The predicted molar refractivity (Wildman–Crippen MR) is 74.7 cm³/mol. The molecule has 1 saturated heterocycles. The molecule has 1 fully saturated rings. The summed E-state index contributed by atoms with van der Waals surface area (Å²) in [6.07, 6.45) is 2.65. The summed E-state index contributed by atoms with van der Waals surface area (Å²) in [6.45, 7) is 4.15. The highest BCUT2D eigenvalue weighted by atomic mass is 16.5. The molecule has 0 aromatic heterocycles. The second-order valence-electron chi connectivity index (χ2n) is 5.01. The van der Waals surface area contributed by atoms with Crippen LogP contribution in [-0.2, 0) is 22.6 Å². The average molecular weight is 262 g/mol. The second kappa shape index (κ2) is 7.26. The SMILES string of the molecule is COCC(=O)NCc1ccc(CN2CCCC2)cc1. The van der Waals surface area contributed by atoms with Crippen LogP contribution in [-0.4, -0.2) is 37.6 Å². The van der Waals surface area contributed by atoms with Gasteiger partial charge in [-0.1, -0.05) is 24.3 Å². The van der Waals surface area contributed by atoms with E-state index in [4.69, 9.17) is 4.74 Å². The molecule has 4 nitrogen and oxygen atoms in total. The summed E-state index contributed by atoms with van der Waals surface area (Å²) in [6, 6.07) is 8.46. The first-order chi connectivity index (χ1) is 9.28. The van der Waals surface area contributed by atoms with E-state index in [1.807, 2.05) is 0 Å². The van der Waals surface area contributed by atoms with E-state index in [9.17, 15) is 4.79 Å². The highest BCUT2D eigenvalue weighted by molar-refractivity contribution is 5.77. The van der Waals surface area contributed by atoms with Crippen LogP contribution in [0, 0.1) is 0 Å². The number of methoxy groups -OCH3 is 1. The van der Waals surface area contributed by atoms with Gasteiger partial charge in [0.05, 0.1) is 0 Å². The normalized spacial score (nSPS) is 15.6. The number of amides is 1. The minimum atomic E-state index is -0.0800. The number of hydrogen-bond acceptors (Lipinski definition) is 3. The maximum absolute atomic E-state index is 11.3. The third-order valence-corrected chi connectivity index (χ3v) is 3.39. The summed E-state index contributed by atoms with van der Waals surface area (Å²) in [7, 11) is 1.52. The zero-order valence-corrected chi connectivity index (χ0v) is 11.5. The van der Waals surface area contributed by atoms with E-state index in [1.165, 1.54) is 38.6 Å². The summed E-state index contributed by atoms with van der Waals surface area (Å²) < 4.78 is 4.77. The number of likely N-dealkylation sites (tertiary alicyclic amines) is 1. The molecule has 1 heterocycles. The third kappa shape index (κ3) is 4.65. The Kier molecular flexibility index (Phi) is 5.36. The lowest BCUT2D eigenvalue weighted by molar-refractivity contribution is -0.124. The highest BCUT2D eigenvalue weighted by Gasteiger charge is 2.11. The zero-order chi connectivity index (χ0) is 13.5. The Hall–Kier alpha value is -1.39. The van der Waals surface area contributed by atoms with Crippen LogP contribution < -0.4 is 5.32 Å². The Morgan fingerprint density at radius 1 is 1.21 bits per heavy atom. The Morgan fingerprint density at radius 3 is 2.47 bits per heavy atom. The Labute approximate surface area is 114 Å². The van der Waals surface area contributed by atoms with E-state index < -0.39 is 0 Å². The van der Waals surface area contributed by atoms with Crippen molar-refractivity contribution in [1.29, 1.82) is 0 Å². The molecule has 0 atom stereocenters. The van der Waals surface area contributed by atoms with Gasteiger partial charge in [-0.2, -0.15) is 0 Å². The van der Waals surface area contributed by atoms with E-state index in [0.29, 0.717) is 6.54 Å². The largest absolute Gasteiger partial charge is 0.375 e. The summed E-state index contributed by atoms with van der Waals surface area (Å²) >= 11 is 0. The first-order valence-corrected chi connectivity index (χ1v) is 6.84. The molecule has 0 saturated carbocycles. The molecule has 0 unspecified atom stereocenters. The molecule has 1 aliphatic rings. The van der Waals surface area contributed by atoms with Gasteiger partial charge in [-0.05, 0) is 37.1 Å². The van der Waals surface area contributed by atoms with Crippen molar-refractivity contribution in [1.82, 2.24) is 10.2 Å². The molecule has 4 heteroatoms. The summed E-state index contributed by atoms with van der Waals surface area (Å²) in [5.41, 5.74) is 2.46. The lowest BCUT2D eigenvalue weighted by Crippen LogP contribution is -2.26. The van der Waals surface area contributed by atoms with Crippen molar-refractivity contribution in [3.05, 3.63) is 35.4 Å². The van der Waals surface area contributed by atoms with Crippen molar-refractivity contribution < 1.29 is 9.53 Å². The van der Waals surface area contributed by atoms with Crippen LogP contribution in [0.2, 0.25) is 0 Å². The fourth-order valence-electron chi connectivity index (χ4n) is 2.34. The molecule has 1 aliphatic heterocycles. The quantitative estimate of drug-likeness (QED) is 0.845. The molecule has 0 radical (unpaired) electrons. The minimum absolute atomic E-state index is 0.0800. The number of hydrogen-bond donors (Lipinski definition) is 1. The Bertz CT molecular complexity index is 397. The monoisotopic (exact) mass is 262 g/mol. The van der Waals surface area contributed by atoms with Gasteiger partial charge in [0, 0.05) is 20.2 Å². The molecule has 0 aliphatic carbocycles. The fraction of sp³-hybridized carbons (Fsp3) is 0.533. The van der Waals surface area contributed by atoms with E-state index in [-0.39, 0.29) is 12.5 Å². The first kappa shape index (κ1) is 14.0. The Morgan fingerprint density at radius 2 is 1.84 bits per heavy atom. The van der Waals surface area contributed by atoms with Crippen LogP contribution in [0.5, 0.6) is 0 Å². The van der Waals surface area contributed by atoms with Crippen molar-refractivity contribution in [3.8, 4) is 0 Å². The number of nitrogens with zero attached hydrogens (tertiary/aromatic N) is 1. The molecule has 1 amide bonds. The van der Waals surface area contributed by atoms with Crippen molar-refractivity contribution in [3.63, 3.8) is 0 Å². The molecule has 19 heavy (non-hydrogen) atoms. The lowest BCUT2D eigenvalue weighted by Gasteiger charge is -2.14. The van der Waals surface area contributed by atoms with E-state index in [0.717, 1.165) is 12.1 Å². The third-order valence-electron chi connectivity index (χ3n) is 3.39. The summed E-state index contributed by atoms with van der Waals surface area (Å²) in [5, 5.41) is 2.82. The van der Waals surface area contributed by atoms with Crippen LogP contribution in [0.1, 0.15) is 24.0 Å².